The van der Waals surface area contributed by atoms with E-state index < -0.39 is 0 Å². The summed E-state index contributed by atoms with van der Waals surface area (Å²) in [5.74, 6) is 0.583. The van der Waals surface area contributed by atoms with Crippen molar-refractivity contribution in [2.24, 2.45) is 0 Å². The van der Waals surface area contributed by atoms with Crippen LogP contribution in [0.4, 0.5) is 5.69 Å². The lowest BCUT2D eigenvalue weighted by atomic mass is 10.1. The summed E-state index contributed by atoms with van der Waals surface area (Å²) >= 11 is 1.56. The normalized spacial score (nSPS) is 13.7. The van der Waals surface area contributed by atoms with Crippen molar-refractivity contribution in [2.75, 3.05) is 32.2 Å². The number of anilines is 1. The number of rotatable bonds is 7. The topological polar surface area (TPSA) is 67.9 Å². The lowest BCUT2D eigenvalue weighted by molar-refractivity contribution is -0.133. The van der Waals surface area contributed by atoms with Crippen LogP contribution in [0, 0.1) is 0 Å². The van der Waals surface area contributed by atoms with Gasteiger partial charge in [-0.25, -0.2) is 0 Å². The molecule has 0 aliphatic carbocycles. The summed E-state index contributed by atoms with van der Waals surface area (Å²) in [7, 11) is 1.65. The molecule has 1 aliphatic rings. The highest BCUT2D eigenvalue weighted by molar-refractivity contribution is 7.10. The Kier molecular flexibility index (Phi) is 6.25. The fraction of sp³-hybridized carbons (Fsp3) is 0.368. The van der Waals surface area contributed by atoms with Gasteiger partial charge < -0.3 is 19.7 Å². The van der Waals surface area contributed by atoms with Gasteiger partial charge in [-0.15, -0.1) is 11.3 Å². The first-order valence-electron chi connectivity index (χ1n) is 8.50. The van der Waals surface area contributed by atoms with Crippen LogP contribution in [-0.2, 0) is 27.3 Å². The number of carbonyl (C=O) groups is 2. The molecular weight excluding hydrogens is 352 g/mol. The molecule has 7 heteroatoms. The number of ether oxygens (including phenoxy) is 2. The van der Waals surface area contributed by atoms with E-state index in [-0.39, 0.29) is 18.4 Å². The fourth-order valence-corrected chi connectivity index (χ4v) is 3.53. The van der Waals surface area contributed by atoms with Gasteiger partial charge >= 0.3 is 0 Å². The van der Waals surface area contributed by atoms with Crippen LogP contribution in [-0.4, -0.2) is 43.6 Å². The number of nitrogens with one attached hydrogen (secondary N) is 1. The van der Waals surface area contributed by atoms with Crippen molar-refractivity contribution in [3.63, 3.8) is 0 Å². The predicted molar refractivity (Wildman–Crippen MR) is 100 cm³/mol. The Morgan fingerprint density at radius 2 is 2.27 bits per heavy atom. The van der Waals surface area contributed by atoms with Gasteiger partial charge in [0.05, 0.1) is 6.42 Å². The maximum Gasteiger partial charge on any atom is 0.260 e. The SMILES string of the molecule is COCCCN1Cc2cc(NC(=O)Cc3cccs3)ccc2OCC1=O. The summed E-state index contributed by atoms with van der Waals surface area (Å²) in [5.41, 5.74) is 1.60. The number of hydrogen-bond acceptors (Lipinski definition) is 5. The average Bonchev–Trinajstić information content (AvgIpc) is 3.07. The third kappa shape index (κ3) is 4.83. The Morgan fingerprint density at radius 3 is 3.04 bits per heavy atom. The van der Waals surface area contributed by atoms with E-state index >= 15 is 0 Å². The molecule has 0 unspecified atom stereocenters. The minimum Gasteiger partial charge on any atom is -0.483 e. The molecule has 6 nitrogen and oxygen atoms in total. The van der Waals surface area contributed by atoms with Gasteiger partial charge in [0.1, 0.15) is 5.75 Å². The minimum atomic E-state index is -0.0602. The minimum absolute atomic E-state index is 0.0318. The van der Waals surface area contributed by atoms with Crippen LogP contribution >= 0.6 is 11.3 Å². The number of thiophene rings is 1. The highest BCUT2D eigenvalue weighted by Crippen LogP contribution is 2.27. The smallest absolute Gasteiger partial charge is 0.260 e. The molecule has 1 aliphatic heterocycles. The molecule has 1 aromatic heterocycles. The Morgan fingerprint density at radius 1 is 1.38 bits per heavy atom. The maximum atomic E-state index is 12.2. The van der Waals surface area contributed by atoms with Crippen LogP contribution in [0.2, 0.25) is 0 Å². The van der Waals surface area contributed by atoms with Crippen LogP contribution in [0.15, 0.2) is 35.7 Å². The van der Waals surface area contributed by atoms with E-state index in [0.717, 1.165) is 16.9 Å². The van der Waals surface area contributed by atoms with Crippen LogP contribution in [0.5, 0.6) is 5.75 Å². The second-order valence-corrected chi connectivity index (χ2v) is 7.11. The highest BCUT2D eigenvalue weighted by Gasteiger charge is 2.21. The largest absolute Gasteiger partial charge is 0.483 e. The van der Waals surface area contributed by atoms with E-state index in [1.807, 2.05) is 29.6 Å². The quantitative estimate of drug-likeness (QED) is 0.757. The van der Waals surface area contributed by atoms with Gasteiger partial charge in [-0.3, -0.25) is 9.59 Å². The van der Waals surface area contributed by atoms with E-state index in [1.54, 1.807) is 29.4 Å². The monoisotopic (exact) mass is 374 g/mol. The summed E-state index contributed by atoms with van der Waals surface area (Å²) in [5, 5.41) is 4.87. The Balaban J connectivity index is 1.67. The number of carbonyl (C=O) groups excluding carboxylic acids is 2. The molecule has 2 aromatic rings. The van der Waals surface area contributed by atoms with Crippen molar-refractivity contribution in [2.45, 2.75) is 19.4 Å². The van der Waals surface area contributed by atoms with Crippen molar-refractivity contribution >= 4 is 28.8 Å². The van der Waals surface area contributed by atoms with E-state index in [0.29, 0.717) is 37.6 Å². The van der Waals surface area contributed by atoms with Gasteiger partial charge in [-0.1, -0.05) is 6.07 Å². The Labute approximate surface area is 156 Å². The van der Waals surface area contributed by atoms with E-state index in [1.165, 1.54) is 0 Å². The molecule has 0 radical (unpaired) electrons. The first kappa shape index (κ1) is 18.4. The van der Waals surface area contributed by atoms with Crippen molar-refractivity contribution in [3.05, 3.63) is 46.2 Å². The van der Waals surface area contributed by atoms with Crippen LogP contribution in [0.3, 0.4) is 0 Å². The molecule has 2 heterocycles. The second-order valence-electron chi connectivity index (χ2n) is 6.08. The molecule has 0 bridgehead atoms. The molecule has 3 rings (SSSR count). The predicted octanol–water partition coefficient (Wildman–Crippen LogP) is 2.69. The van der Waals surface area contributed by atoms with Crippen LogP contribution in [0.25, 0.3) is 0 Å². The molecule has 1 N–H and O–H groups in total. The summed E-state index contributed by atoms with van der Waals surface area (Å²) in [6.45, 7) is 1.72. The van der Waals surface area contributed by atoms with Crippen molar-refractivity contribution < 1.29 is 19.1 Å². The molecular formula is C19H22N2O4S. The van der Waals surface area contributed by atoms with Gasteiger partial charge in [0.25, 0.3) is 5.91 Å². The number of fused-ring (bicyclic) bond motifs is 1. The zero-order valence-corrected chi connectivity index (χ0v) is 15.5. The zero-order chi connectivity index (χ0) is 18.4. The third-order valence-corrected chi connectivity index (χ3v) is 4.98. The standard InChI is InChI=1S/C19H22N2O4S/c1-24-8-3-7-21-12-14-10-15(5-6-17(14)25-13-19(21)23)20-18(22)11-16-4-2-9-26-16/h2,4-6,9-10H,3,7-8,11-13H2,1H3,(H,20,22). The van der Waals surface area contributed by atoms with Crippen LogP contribution in [0.1, 0.15) is 16.9 Å². The molecule has 0 spiro atoms. The lowest BCUT2D eigenvalue weighted by Gasteiger charge is -2.20. The fourth-order valence-electron chi connectivity index (χ4n) is 2.83. The number of hydrogen-bond donors (Lipinski definition) is 1. The molecule has 2 amide bonds. The molecule has 0 fully saturated rings. The van der Waals surface area contributed by atoms with Gasteiger partial charge in [0.2, 0.25) is 5.91 Å². The van der Waals surface area contributed by atoms with E-state index in [9.17, 15) is 9.59 Å². The number of benzene rings is 1. The molecule has 26 heavy (non-hydrogen) atoms. The number of nitrogens with zero attached hydrogens (tertiary/aromatic N) is 1. The number of amides is 2. The molecule has 0 saturated carbocycles. The number of methoxy groups -OCH3 is 1. The summed E-state index contributed by atoms with van der Waals surface area (Å²) in [4.78, 5) is 27.2. The Hall–Kier alpha value is -2.38. The third-order valence-electron chi connectivity index (χ3n) is 4.10. The maximum absolute atomic E-state index is 12.2. The molecule has 0 atom stereocenters. The molecule has 138 valence electrons. The molecule has 1 aromatic carbocycles. The van der Waals surface area contributed by atoms with Gasteiger partial charge in [-0.2, -0.15) is 0 Å². The first-order chi connectivity index (χ1) is 12.7. The Bertz CT molecular complexity index is 761. The molecule has 0 saturated heterocycles. The van der Waals surface area contributed by atoms with Gasteiger partial charge in [0.15, 0.2) is 6.61 Å². The van der Waals surface area contributed by atoms with Crippen molar-refractivity contribution in [1.29, 1.82) is 0 Å². The second kappa shape index (κ2) is 8.82. The zero-order valence-electron chi connectivity index (χ0n) is 14.7. The van der Waals surface area contributed by atoms with Crippen molar-refractivity contribution in [1.82, 2.24) is 4.90 Å². The summed E-state index contributed by atoms with van der Waals surface area (Å²) in [6, 6.07) is 9.36. The lowest BCUT2D eigenvalue weighted by Crippen LogP contribution is -2.33. The van der Waals surface area contributed by atoms with Gasteiger partial charge in [-0.05, 0) is 36.1 Å². The summed E-state index contributed by atoms with van der Waals surface area (Å²) in [6.07, 6.45) is 1.13. The van der Waals surface area contributed by atoms with E-state index in [4.69, 9.17) is 9.47 Å². The van der Waals surface area contributed by atoms with Crippen LogP contribution < -0.4 is 10.1 Å². The van der Waals surface area contributed by atoms with Crippen molar-refractivity contribution in [3.8, 4) is 5.75 Å². The highest BCUT2D eigenvalue weighted by atomic mass is 32.1. The summed E-state index contributed by atoms with van der Waals surface area (Å²) < 4.78 is 10.7. The van der Waals surface area contributed by atoms with Gasteiger partial charge in [0, 0.05) is 42.9 Å². The first-order valence-corrected chi connectivity index (χ1v) is 9.38. The average molecular weight is 374 g/mol. The van der Waals surface area contributed by atoms with E-state index in [2.05, 4.69) is 5.32 Å².